The van der Waals surface area contributed by atoms with E-state index in [1.165, 1.54) is 0 Å². The molecule has 30 heavy (non-hydrogen) atoms. The molecule has 0 spiro atoms. The summed E-state index contributed by atoms with van der Waals surface area (Å²) < 4.78 is 5.96. The Balaban J connectivity index is 1.42. The molecule has 3 rings (SSSR count). The van der Waals surface area contributed by atoms with Gasteiger partial charge in [0.2, 0.25) is 0 Å². The normalized spacial score (nSPS) is 16.8. The fourth-order valence-corrected chi connectivity index (χ4v) is 3.87. The minimum Gasteiger partial charge on any atom is -0.491 e. The predicted molar refractivity (Wildman–Crippen MR) is 120 cm³/mol. The minimum absolute atomic E-state index is 0.00634. The molecule has 5 heteroatoms. The van der Waals surface area contributed by atoms with Crippen LogP contribution in [0.5, 0.6) is 5.75 Å². The minimum atomic E-state index is -0.548. The molecule has 1 atom stereocenters. The number of para-hydroxylation sites is 1. The van der Waals surface area contributed by atoms with Crippen molar-refractivity contribution in [3.63, 3.8) is 0 Å². The van der Waals surface area contributed by atoms with E-state index >= 15 is 0 Å². The molecule has 2 N–H and O–H groups in total. The highest BCUT2D eigenvalue weighted by atomic mass is 16.5. The summed E-state index contributed by atoms with van der Waals surface area (Å²) in [6.45, 7) is 9.05. The number of carbonyl (C=O) groups excluding carboxylic acids is 1. The van der Waals surface area contributed by atoms with E-state index in [1.807, 2.05) is 48.5 Å². The van der Waals surface area contributed by atoms with Crippen LogP contribution in [-0.2, 0) is 5.41 Å². The number of ether oxygens (including phenoxy) is 1. The topological polar surface area (TPSA) is 61.8 Å². The van der Waals surface area contributed by atoms with Gasteiger partial charge in [0.1, 0.15) is 18.5 Å². The molecule has 0 aromatic heterocycles. The molecule has 1 unspecified atom stereocenters. The summed E-state index contributed by atoms with van der Waals surface area (Å²) >= 11 is 0. The molecular weight excluding hydrogens is 376 g/mol. The van der Waals surface area contributed by atoms with Crippen molar-refractivity contribution < 1.29 is 14.6 Å². The standard InChI is InChI=1S/C25H34N2O3/c1-25(2,3)22-11-7-8-12-23(22)30-18-21(28)17-27-15-13-20(14-16-27)26-24(29)19-9-5-4-6-10-19/h4-12,20-21,28H,13-18H2,1-3H3,(H,26,29). The number of nitrogens with zero attached hydrogens (tertiary/aromatic N) is 1. The molecule has 0 aliphatic carbocycles. The molecule has 0 bridgehead atoms. The molecule has 1 fully saturated rings. The number of carbonyl (C=O) groups is 1. The zero-order valence-electron chi connectivity index (χ0n) is 18.3. The Labute approximate surface area is 180 Å². The van der Waals surface area contributed by atoms with Gasteiger partial charge in [-0.25, -0.2) is 0 Å². The van der Waals surface area contributed by atoms with E-state index in [2.05, 4.69) is 37.1 Å². The molecule has 0 radical (unpaired) electrons. The molecule has 1 saturated heterocycles. The van der Waals surface area contributed by atoms with Crippen LogP contribution in [0.2, 0.25) is 0 Å². The van der Waals surface area contributed by atoms with Crippen LogP contribution in [0.15, 0.2) is 54.6 Å². The van der Waals surface area contributed by atoms with E-state index in [4.69, 9.17) is 4.74 Å². The number of nitrogens with one attached hydrogen (secondary N) is 1. The van der Waals surface area contributed by atoms with E-state index in [1.54, 1.807) is 0 Å². The van der Waals surface area contributed by atoms with Gasteiger partial charge < -0.3 is 20.1 Å². The third-order valence-electron chi connectivity index (χ3n) is 5.55. The third-order valence-corrected chi connectivity index (χ3v) is 5.55. The van der Waals surface area contributed by atoms with Gasteiger partial charge in [-0.1, -0.05) is 57.2 Å². The van der Waals surface area contributed by atoms with Gasteiger partial charge in [-0.3, -0.25) is 4.79 Å². The van der Waals surface area contributed by atoms with Crippen molar-refractivity contribution in [2.75, 3.05) is 26.2 Å². The number of hydrogen-bond donors (Lipinski definition) is 2. The summed E-state index contributed by atoms with van der Waals surface area (Å²) in [7, 11) is 0. The molecule has 162 valence electrons. The maximum absolute atomic E-state index is 12.3. The number of β-amino-alcohol motifs (C(OH)–C–C–N with tert-alkyl or cyclic N) is 1. The van der Waals surface area contributed by atoms with Crippen molar-refractivity contribution in [1.29, 1.82) is 0 Å². The largest absolute Gasteiger partial charge is 0.491 e. The lowest BCUT2D eigenvalue weighted by molar-refractivity contribution is 0.0562. The Hall–Kier alpha value is -2.37. The van der Waals surface area contributed by atoms with Gasteiger partial charge in [-0.2, -0.15) is 0 Å². The molecule has 1 heterocycles. The van der Waals surface area contributed by atoms with E-state index in [0.717, 1.165) is 37.2 Å². The van der Waals surface area contributed by atoms with Crippen LogP contribution in [0.1, 0.15) is 49.5 Å². The molecule has 1 aliphatic rings. The van der Waals surface area contributed by atoms with Gasteiger partial charge >= 0.3 is 0 Å². The Morgan fingerprint density at radius 3 is 2.40 bits per heavy atom. The zero-order valence-corrected chi connectivity index (χ0v) is 18.3. The summed E-state index contributed by atoms with van der Waals surface area (Å²) in [5.74, 6) is 0.825. The lowest BCUT2D eigenvalue weighted by Crippen LogP contribution is -2.47. The maximum Gasteiger partial charge on any atom is 0.251 e. The van der Waals surface area contributed by atoms with Crippen LogP contribution in [-0.4, -0.2) is 54.3 Å². The van der Waals surface area contributed by atoms with Gasteiger partial charge in [0.15, 0.2) is 0 Å². The number of benzene rings is 2. The first-order valence-corrected chi connectivity index (χ1v) is 10.8. The number of hydrogen-bond acceptors (Lipinski definition) is 4. The van der Waals surface area contributed by atoms with Crippen molar-refractivity contribution in [2.24, 2.45) is 0 Å². The number of rotatable bonds is 7. The third kappa shape index (κ3) is 6.31. The van der Waals surface area contributed by atoms with Gasteiger partial charge in [0.25, 0.3) is 5.91 Å². The lowest BCUT2D eigenvalue weighted by atomic mass is 9.86. The molecule has 2 aromatic carbocycles. The van der Waals surface area contributed by atoms with Gasteiger partial charge in [-0.15, -0.1) is 0 Å². The van der Waals surface area contributed by atoms with E-state index < -0.39 is 6.10 Å². The monoisotopic (exact) mass is 410 g/mol. The first-order valence-electron chi connectivity index (χ1n) is 10.8. The van der Waals surface area contributed by atoms with Gasteiger partial charge in [0, 0.05) is 31.2 Å². The van der Waals surface area contributed by atoms with Crippen molar-refractivity contribution in [1.82, 2.24) is 10.2 Å². The Bertz CT molecular complexity index is 809. The number of aliphatic hydroxyl groups excluding tert-OH is 1. The van der Waals surface area contributed by atoms with Crippen LogP contribution in [0.3, 0.4) is 0 Å². The second kappa shape index (κ2) is 10.1. The smallest absolute Gasteiger partial charge is 0.251 e. The fraction of sp³-hybridized carbons (Fsp3) is 0.480. The summed E-state index contributed by atoms with van der Waals surface area (Å²) in [6, 6.07) is 17.5. The average Bonchev–Trinajstić information content (AvgIpc) is 2.74. The van der Waals surface area contributed by atoms with Crippen LogP contribution in [0.4, 0.5) is 0 Å². The highest BCUT2D eigenvalue weighted by Crippen LogP contribution is 2.31. The molecule has 2 aromatic rings. The predicted octanol–water partition coefficient (Wildman–Crippen LogP) is 3.62. The van der Waals surface area contributed by atoms with Crippen LogP contribution in [0.25, 0.3) is 0 Å². The highest BCUT2D eigenvalue weighted by Gasteiger charge is 2.23. The molecular formula is C25H34N2O3. The summed E-state index contributed by atoms with van der Waals surface area (Å²) in [6.07, 6.45) is 1.23. The Kier molecular flexibility index (Phi) is 7.51. The second-order valence-corrected chi connectivity index (χ2v) is 9.13. The number of piperidine rings is 1. The van der Waals surface area contributed by atoms with Crippen LogP contribution < -0.4 is 10.1 Å². The quantitative estimate of drug-likeness (QED) is 0.732. The zero-order chi connectivity index (χ0) is 21.6. The molecule has 1 aliphatic heterocycles. The average molecular weight is 411 g/mol. The van der Waals surface area contributed by atoms with E-state index in [0.29, 0.717) is 12.1 Å². The summed E-state index contributed by atoms with van der Waals surface area (Å²) in [5, 5.41) is 13.6. The van der Waals surface area contributed by atoms with E-state index in [-0.39, 0.29) is 24.0 Å². The first-order chi connectivity index (χ1) is 14.3. The van der Waals surface area contributed by atoms with E-state index in [9.17, 15) is 9.90 Å². The fourth-order valence-electron chi connectivity index (χ4n) is 3.87. The Morgan fingerprint density at radius 1 is 1.10 bits per heavy atom. The highest BCUT2D eigenvalue weighted by molar-refractivity contribution is 5.94. The van der Waals surface area contributed by atoms with Crippen LogP contribution in [0, 0.1) is 0 Å². The van der Waals surface area contributed by atoms with Crippen molar-refractivity contribution in [2.45, 2.75) is 51.2 Å². The number of aliphatic hydroxyl groups is 1. The SMILES string of the molecule is CC(C)(C)c1ccccc1OCC(O)CN1CCC(NC(=O)c2ccccc2)CC1. The summed E-state index contributed by atoms with van der Waals surface area (Å²) in [5.41, 5.74) is 1.84. The lowest BCUT2D eigenvalue weighted by Gasteiger charge is -2.33. The summed E-state index contributed by atoms with van der Waals surface area (Å²) in [4.78, 5) is 14.6. The van der Waals surface area contributed by atoms with Crippen molar-refractivity contribution in [3.05, 3.63) is 65.7 Å². The van der Waals surface area contributed by atoms with Crippen LogP contribution >= 0.6 is 0 Å². The van der Waals surface area contributed by atoms with Gasteiger partial charge in [0.05, 0.1) is 0 Å². The van der Waals surface area contributed by atoms with Crippen molar-refractivity contribution >= 4 is 5.91 Å². The maximum atomic E-state index is 12.3. The first kappa shape index (κ1) is 22.3. The molecule has 1 amide bonds. The Morgan fingerprint density at radius 2 is 1.73 bits per heavy atom. The molecule has 0 saturated carbocycles. The molecule has 5 nitrogen and oxygen atoms in total. The number of likely N-dealkylation sites (tertiary alicyclic amines) is 1. The van der Waals surface area contributed by atoms with Crippen molar-refractivity contribution in [3.8, 4) is 5.75 Å². The van der Waals surface area contributed by atoms with Gasteiger partial charge in [-0.05, 0) is 42.0 Å². The number of amides is 1. The second-order valence-electron chi connectivity index (χ2n) is 9.13.